The zero-order valence-corrected chi connectivity index (χ0v) is 12.7. The lowest BCUT2D eigenvalue weighted by Gasteiger charge is -2.39. The molecule has 0 N–H and O–H groups in total. The number of carbonyl (C=O) groups excluding carboxylic acids is 1. The van der Waals surface area contributed by atoms with Crippen molar-refractivity contribution in [1.82, 2.24) is 9.80 Å². The minimum atomic E-state index is -0.229. The number of nitrogens with zero attached hydrogens (tertiary/aromatic N) is 3. The molecule has 2 aliphatic rings. The Morgan fingerprint density at radius 2 is 1.84 bits per heavy atom. The summed E-state index contributed by atoms with van der Waals surface area (Å²) in [6.07, 6.45) is 6.02. The van der Waals surface area contributed by atoms with Crippen molar-refractivity contribution in [2.75, 3.05) is 32.4 Å². The van der Waals surface area contributed by atoms with Crippen molar-refractivity contribution in [3.05, 3.63) is 0 Å². The zero-order valence-electron chi connectivity index (χ0n) is 11.9. The Morgan fingerprint density at radius 1 is 1.26 bits per heavy atom. The number of piperidine rings is 1. The fourth-order valence-corrected chi connectivity index (χ4v) is 3.67. The standard InChI is InChI=1S/C14H23N3OS/c1-12(13(18)17-7-3-4-8-17)16-9-5-14(11-15,19-2)6-10-16/h12H,3-10H2,1-2H3. The maximum Gasteiger partial charge on any atom is 0.239 e. The van der Waals surface area contributed by atoms with E-state index in [4.69, 9.17) is 0 Å². The number of likely N-dealkylation sites (tertiary alicyclic amines) is 2. The van der Waals surface area contributed by atoms with E-state index in [2.05, 4.69) is 11.0 Å². The van der Waals surface area contributed by atoms with Crippen LogP contribution >= 0.6 is 11.8 Å². The second-order valence-corrected chi connectivity index (χ2v) is 6.74. The summed E-state index contributed by atoms with van der Waals surface area (Å²) in [5.74, 6) is 0.270. The smallest absolute Gasteiger partial charge is 0.239 e. The van der Waals surface area contributed by atoms with Crippen LogP contribution in [0.1, 0.15) is 32.6 Å². The molecule has 0 aromatic heterocycles. The number of thioether (sulfide) groups is 1. The summed E-state index contributed by atoms with van der Waals surface area (Å²) < 4.78 is -0.229. The van der Waals surface area contributed by atoms with E-state index in [1.54, 1.807) is 11.8 Å². The van der Waals surface area contributed by atoms with E-state index in [0.717, 1.165) is 51.9 Å². The molecule has 2 rings (SSSR count). The van der Waals surface area contributed by atoms with Crippen LogP contribution in [-0.4, -0.2) is 58.9 Å². The number of hydrogen-bond acceptors (Lipinski definition) is 4. The topological polar surface area (TPSA) is 47.3 Å². The van der Waals surface area contributed by atoms with Crippen molar-refractivity contribution in [3.63, 3.8) is 0 Å². The second kappa shape index (κ2) is 6.15. The van der Waals surface area contributed by atoms with Crippen LogP contribution in [-0.2, 0) is 4.79 Å². The van der Waals surface area contributed by atoms with Crippen LogP contribution in [0, 0.1) is 11.3 Å². The van der Waals surface area contributed by atoms with Crippen LogP contribution in [0.4, 0.5) is 0 Å². The summed E-state index contributed by atoms with van der Waals surface area (Å²) in [5.41, 5.74) is 0. The van der Waals surface area contributed by atoms with Crippen molar-refractivity contribution in [2.24, 2.45) is 0 Å². The molecule has 106 valence electrons. The van der Waals surface area contributed by atoms with E-state index in [1.807, 2.05) is 18.1 Å². The summed E-state index contributed by atoms with van der Waals surface area (Å²) in [6, 6.07) is 2.42. The van der Waals surface area contributed by atoms with E-state index >= 15 is 0 Å². The highest BCUT2D eigenvalue weighted by atomic mass is 32.2. The maximum atomic E-state index is 12.4. The van der Waals surface area contributed by atoms with Crippen LogP contribution in [0.25, 0.3) is 0 Å². The van der Waals surface area contributed by atoms with Gasteiger partial charge in [0.1, 0.15) is 4.75 Å². The normalized spacial score (nSPS) is 25.0. The van der Waals surface area contributed by atoms with Gasteiger partial charge in [0.2, 0.25) is 5.91 Å². The van der Waals surface area contributed by atoms with Crippen LogP contribution in [0.5, 0.6) is 0 Å². The molecule has 19 heavy (non-hydrogen) atoms. The van der Waals surface area contributed by atoms with Gasteiger partial charge in [-0.3, -0.25) is 9.69 Å². The first-order valence-electron chi connectivity index (χ1n) is 7.11. The van der Waals surface area contributed by atoms with Gasteiger partial charge < -0.3 is 4.90 Å². The van der Waals surface area contributed by atoms with Gasteiger partial charge in [-0.2, -0.15) is 5.26 Å². The van der Waals surface area contributed by atoms with Crippen LogP contribution in [0.15, 0.2) is 0 Å². The molecular formula is C14H23N3OS. The molecule has 2 fully saturated rings. The third-order valence-corrected chi connectivity index (χ3v) is 5.80. The third kappa shape index (κ3) is 3.06. The molecule has 0 spiro atoms. The summed E-state index contributed by atoms with van der Waals surface area (Å²) in [6.45, 7) is 5.57. The number of carbonyl (C=O) groups is 1. The van der Waals surface area contributed by atoms with Gasteiger partial charge in [0, 0.05) is 26.2 Å². The Bertz CT molecular complexity index is 365. The molecule has 0 saturated carbocycles. The van der Waals surface area contributed by atoms with Gasteiger partial charge in [0.05, 0.1) is 12.1 Å². The highest BCUT2D eigenvalue weighted by Gasteiger charge is 2.37. The van der Waals surface area contributed by atoms with E-state index in [9.17, 15) is 10.1 Å². The second-order valence-electron chi connectivity index (χ2n) is 5.55. The number of nitriles is 1. The van der Waals surface area contributed by atoms with Crippen LogP contribution in [0.2, 0.25) is 0 Å². The summed E-state index contributed by atoms with van der Waals surface area (Å²) in [5, 5.41) is 9.28. The molecule has 5 heteroatoms. The molecule has 2 aliphatic heterocycles. The molecule has 0 aromatic rings. The predicted molar refractivity (Wildman–Crippen MR) is 77.9 cm³/mol. The lowest BCUT2D eigenvalue weighted by atomic mass is 9.96. The molecule has 1 amide bonds. The van der Waals surface area contributed by atoms with Crippen molar-refractivity contribution < 1.29 is 4.79 Å². The molecule has 4 nitrogen and oxygen atoms in total. The number of amides is 1. The Balaban J connectivity index is 1.90. The zero-order chi connectivity index (χ0) is 13.9. The molecule has 0 bridgehead atoms. The minimum absolute atomic E-state index is 0.0309. The molecular weight excluding hydrogens is 258 g/mol. The molecule has 1 unspecified atom stereocenters. The summed E-state index contributed by atoms with van der Waals surface area (Å²) in [4.78, 5) is 16.6. The Kier molecular flexibility index (Phi) is 4.75. The lowest BCUT2D eigenvalue weighted by Crippen LogP contribution is -2.51. The van der Waals surface area contributed by atoms with Crippen molar-refractivity contribution in [2.45, 2.75) is 43.4 Å². The van der Waals surface area contributed by atoms with Crippen molar-refractivity contribution in [1.29, 1.82) is 5.26 Å². The average Bonchev–Trinajstić information content (AvgIpc) is 3.00. The minimum Gasteiger partial charge on any atom is -0.341 e. The fraction of sp³-hybridized carbons (Fsp3) is 0.857. The van der Waals surface area contributed by atoms with Crippen LogP contribution in [0.3, 0.4) is 0 Å². The fourth-order valence-electron chi connectivity index (χ4n) is 2.99. The highest BCUT2D eigenvalue weighted by Crippen LogP contribution is 2.34. The third-order valence-electron chi connectivity index (χ3n) is 4.52. The van der Waals surface area contributed by atoms with Gasteiger partial charge in [-0.25, -0.2) is 0 Å². The summed E-state index contributed by atoms with van der Waals surface area (Å²) in [7, 11) is 0. The number of hydrogen-bond donors (Lipinski definition) is 0. The van der Waals surface area contributed by atoms with Gasteiger partial charge in [-0.15, -0.1) is 11.8 Å². The molecule has 2 heterocycles. The first kappa shape index (κ1) is 14.7. The van der Waals surface area contributed by atoms with Gasteiger partial charge in [0.15, 0.2) is 0 Å². The highest BCUT2D eigenvalue weighted by molar-refractivity contribution is 8.00. The van der Waals surface area contributed by atoms with Gasteiger partial charge >= 0.3 is 0 Å². The van der Waals surface area contributed by atoms with Crippen molar-refractivity contribution >= 4 is 17.7 Å². The van der Waals surface area contributed by atoms with E-state index in [0.29, 0.717) is 0 Å². The molecule has 0 radical (unpaired) electrons. The maximum absolute atomic E-state index is 12.4. The SMILES string of the molecule is CSC1(C#N)CCN(C(C)C(=O)N2CCCC2)CC1. The Hall–Kier alpha value is -0.730. The van der Waals surface area contributed by atoms with Gasteiger partial charge in [0.25, 0.3) is 0 Å². The van der Waals surface area contributed by atoms with E-state index in [-0.39, 0.29) is 16.7 Å². The van der Waals surface area contributed by atoms with Gasteiger partial charge in [-0.1, -0.05) is 0 Å². The van der Waals surface area contributed by atoms with Gasteiger partial charge in [-0.05, 0) is 38.9 Å². The van der Waals surface area contributed by atoms with Crippen molar-refractivity contribution in [3.8, 4) is 6.07 Å². The first-order chi connectivity index (χ1) is 9.12. The van der Waals surface area contributed by atoms with E-state index < -0.39 is 0 Å². The first-order valence-corrected chi connectivity index (χ1v) is 8.33. The molecule has 2 saturated heterocycles. The van der Waals surface area contributed by atoms with E-state index in [1.165, 1.54) is 0 Å². The largest absolute Gasteiger partial charge is 0.341 e. The summed E-state index contributed by atoms with van der Waals surface area (Å²) >= 11 is 1.66. The monoisotopic (exact) mass is 281 g/mol. The molecule has 1 atom stereocenters. The molecule has 0 aliphatic carbocycles. The number of rotatable bonds is 3. The Labute approximate surface area is 120 Å². The quantitative estimate of drug-likeness (QED) is 0.790. The lowest BCUT2D eigenvalue weighted by molar-refractivity contribution is -0.135. The Morgan fingerprint density at radius 3 is 2.32 bits per heavy atom. The van der Waals surface area contributed by atoms with Crippen LogP contribution < -0.4 is 0 Å². The average molecular weight is 281 g/mol. The predicted octanol–water partition coefficient (Wildman–Crippen LogP) is 1.72. The molecule has 0 aromatic carbocycles.